The fourth-order valence-electron chi connectivity index (χ4n) is 1.89. The smallest absolute Gasteiger partial charge is 0.220 e. The van der Waals surface area contributed by atoms with Gasteiger partial charge in [-0.1, -0.05) is 6.92 Å². The first-order chi connectivity index (χ1) is 6.99. The molecule has 0 radical (unpaired) electrons. The van der Waals surface area contributed by atoms with E-state index < -0.39 is 0 Å². The van der Waals surface area contributed by atoms with E-state index in [1.54, 1.807) is 0 Å². The lowest BCUT2D eigenvalue weighted by Crippen LogP contribution is -2.36. The van der Waals surface area contributed by atoms with Gasteiger partial charge in [-0.25, -0.2) is 0 Å². The number of rotatable bonds is 3. The maximum atomic E-state index is 10.1. The van der Waals surface area contributed by atoms with E-state index in [1.165, 1.54) is 0 Å². The van der Waals surface area contributed by atoms with E-state index in [4.69, 9.17) is 0 Å². The molecule has 1 amide bonds. The SMILES string of the molecule is CCN(C(C)C)C(C)C.O=C1CCCN1. The molecule has 15 heavy (non-hydrogen) atoms. The minimum Gasteiger partial charge on any atom is -0.356 e. The summed E-state index contributed by atoms with van der Waals surface area (Å²) in [5.41, 5.74) is 0. The van der Waals surface area contributed by atoms with Crippen LogP contribution in [-0.4, -0.2) is 36.0 Å². The van der Waals surface area contributed by atoms with Crippen LogP contribution in [0, 0.1) is 0 Å². The van der Waals surface area contributed by atoms with Crippen molar-refractivity contribution in [3.8, 4) is 0 Å². The van der Waals surface area contributed by atoms with Gasteiger partial charge < -0.3 is 5.32 Å². The van der Waals surface area contributed by atoms with Gasteiger partial charge in [-0.05, 0) is 40.7 Å². The number of nitrogens with one attached hydrogen (secondary N) is 1. The Balaban J connectivity index is 0.000000280. The molecule has 0 bridgehead atoms. The summed E-state index contributed by atoms with van der Waals surface area (Å²) in [5, 5.41) is 2.68. The first kappa shape index (κ1) is 14.4. The number of carbonyl (C=O) groups is 1. The Bertz CT molecular complexity index is 162. The van der Waals surface area contributed by atoms with Crippen molar-refractivity contribution in [2.45, 2.75) is 59.5 Å². The van der Waals surface area contributed by atoms with E-state index >= 15 is 0 Å². The van der Waals surface area contributed by atoms with Crippen molar-refractivity contribution >= 4 is 5.91 Å². The lowest BCUT2D eigenvalue weighted by molar-refractivity contribution is -0.119. The van der Waals surface area contributed by atoms with Crippen LogP contribution in [-0.2, 0) is 4.79 Å². The largest absolute Gasteiger partial charge is 0.356 e. The van der Waals surface area contributed by atoms with Crippen molar-refractivity contribution in [1.29, 1.82) is 0 Å². The van der Waals surface area contributed by atoms with E-state index in [0.29, 0.717) is 12.1 Å². The van der Waals surface area contributed by atoms with Crippen molar-refractivity contribution in [2.75, 3.05) is 13.1 Å². The number of nitrogens with zero attached hydrogens (tertiary/aromatic N) is 1. The molecule has 1 saturated heterocycles. The molecule has 3 heteroatoms. The molecule has 0 aromatic rings. The predicted octanol–water partition coefficient (Wildman–Crippen LogP) is 2.02. The van der Waals surface area contributed by atoms with E-state index in [2.05, 4.69) is 44.8 Å². The summed E-state index contributed by atoms with van der Waals surface area (Å²) in [7, 11) is 0. The van der Waals surface area contributed by atoms with E-state index in [9.17, 15) is 4.79 Å². The molecule has 90 valence electrons. The number of amides is 1. The molecular weight excluding hydrogens is 188 g/mol. The second kappa shape index (κ2) is 7.69. The second-order valence-electron chi connectivity index (χ2n) is 4.47. The fraction of sp³-hybridized carbons (Fsp3) is 0.917. The molecular formula is C12H26N2O. The summed E-state index contributed by atoms with van der Waals surface area (Å²) in [6, 6.07) is 1.38. The molecule has 0 spiro atoms. The first-order valence-corrected chi connectivity index (χ1v) is 6.01. The van der Waals surface area contributed by atoms with Gasteiger partial charge in [-0.3, -0.25) is 9.69 Å². The molecule has 0 aromatic heterocycles. The van der Waals surface area contributed by atoms with Crippen molar-refractivity contribution in [3.05, 3.63) is 0 Å². The molecule has 1 N–H and O–H groups in total. The minimum atomic E-state index is 0.204. The lowest BCUT2D eigenvalue weighted by atomic mass is 10.2. The molecule has 1 aliphatic heterocycles. The highest BCUT2D eigenvalue weighted by Crippen LogP contribution is 2.02. The van der Waals surface area contributed by atoms with Crippen LogP contribution in [0.5, 0.6) is 0 Å². The summed E-state index contributed by atoms with van der Waals surface area (Å²) < 4.78 is 0. The molecule has 0 aromatic carbocycles. The average Bonchev–Trinajstić information content (AvgIpc) is 2.56. The van der Waals surface area contributed by atoms with Gasteiger partial charge in [-0.2, -0.15) is 0 Å². The second-order valence-corrected chi connectivity index (χ2v) is 4.47. The van der Waals surface area contributed by atoms with Crippen LogP contribution >= 0.6 is 0 Å². The molecule has 0 saturated carbocycles. The summed E-state index contributed by atoms with van der Waals surface area (Å²) in [4.78, 5) is 12.6. The number of hydrogen-bond donors (Lipinski definition) is 1. The Hall–Kier alpha value is -0.570. The summed E-state index contributed by atoms with van der Waals surface area (Å²) in [6.45, 7) is 13.2. The Morgan fingerprint density at radius 1 is 1.27 bits per heavy atom. The quantitative estimate of drug-likeness (QED) is 0.779. The topological polar surface area (TPSA) is 32.3 Å². The van der Waals surface area contributed by atoms with Crippen LogP contribution < -0.4 is 5.32 Å². The number of hydrogen-bond acceptors (Lipinski definition) is 2. The van der Waals surface area contributed by atoms with Crippen LogP contribution in [0.4, 0.5) is 0 Å². The third kappa shape index (κ3) is 6.50. The zero-order valence-electron chi connectivity index (χ0n) is 10.8. The molecule has 0 aliphatic carbocycles. The Morgan fingerprint density at radius 2 is 1.80 bits per heavy atom. The van der Waals surface area contributed by atoms with Crippen molar-refractivity contribution in [3.63, 3.8) is 0 Å². The van der Waals surface area contributed by atoms with Crippen LogP contribution in [0.3, 0.4) is 0 Å². The summed E-state index contributed by atoms with van der Waals surface area (Å²) in [5.74, 6) is 0.204. The van der Waals surface area contributed by atoms with Crippen LogP contribution in [0.15, 0.2) is 0 Å². The Labute approximate surface area is 94.2 Å². The highest BCUT2D eigenvalue weighted by molar-refractivity contribution is 5.77. The van der Waals surface area contributed by atoms with Gasteiger partial charge in [0.15, 0.2) is 0 Å². The Kier molecular flexibility index (Phi) is 7.39. The summed E-state index contributed by atoms with van der Waals surface area (Å²) in [6.07, 6.45) is 1.76. The monoisotopic (exact) mass is 214 g/mol. The molecule has 1 fully saturated rings. The average molecular weight is 214 g/mol. The third-order valence-electron chi connectivity index (χ3n) is 2.59. The molecule has 1 aliphatic rings. The van der Waals surface area contributed by atoms with Crippen molar-refractivity contribution < 1.29 is 4.79 Å². The summed E-state index contributed by atoms with van der Waals surface area (Å²) >= 11 is 0. The van der Waals surface area contributed by atoms with E-state index in [1.807, 2.05) is 0 Å². The maximum Gasteiger partial charge on any atom is 0.220 e. The highest BCUT2D eigenvalue weighted by atomic mass is 16.1. The van der Waals surface area contributed by atoms with Gasteiger partial charge in [0.25, 0.3) is 0 Å². The van der Waals surface area contributed by atoms with Crippen LogP contribution in [0.2, 0.25) is 0 Å². The molecule has 3 nitrogen and oxygen atoms in total. The molecule has 1 rings (SSSR count). The lowest BCUT2D eigenvalue weighted by Gasteiger charge is -2.28. The first-order valence-electron chi connectivity index (χ1n) is 6.01. The third-order valence-corrected chi connectivity index (χ3v) is 2.59. The predicted molar refractivity (Wildman–Crippen MR) is 64.9 cm³/mol. The van der Waals surface area contributed by atoms with Crippen LogP contribution in [0.25, 0.3) is 0 Å². The van der Waals surface area contributed by atoms with Gasteiger partial charge >= 0.3 is 0 Å². The van der Waals surface area contributed by atoms with E-state index in [0.717, 1.165) is 25.9 Å². The minimum absolute atomic E-state index is 0.204. The maximum absolute atomic E-state index is 10.1. The van der Waals surface area contributed by atoms with Gasteiger partial charge in [0, 0.05) is 25.0 Å². The zero-order valence-corrected chi connectivity index (χ0v) is 10.8. The van der Waals surface area contributed by atoms with E-state index in [-0.39, 0.29) is 5.91 Å². The van der Waals surface area contributed by atoms with Gasteiger partial charge in [-0.15, -0.1) is 0 Å². The highest BCUT2D eigenvalue weighted by Gasteiger charge is 2.09. The standard InChI is InChI=1S/C8H19N.C4H7NO/c1-6-9(7(2)3)8(4)5;6-4-2-1-3-5-4/h7-8H,6H2,1-5H3;1-3H2,(H,5,6). The van der Waals surface area contributed by atoms with Gasteiger partial charge in [0.2, 0.25) is 5.91 Å². The van der Waals surface area contributed by atoms with Crippen molar-refractivity contribution in [1.82, 2.24) is 10.2 Å². The zero-order chi connectivity index (χ0) is 11.8. The van der Waals surface area contributed by atoms with Gasteiger partial charge in [0.05, 0.1) is 0 Å². The molecule has 0 unspecified atom stereocenters. The Morgan fingerprint density at radius 3 is 1.87 bits per heavy atom. The number of carbonyl (C=O) groups excluding carboxylic acids is 1. The van der Waals surface area contributed by atoms with Gasteiger partial charge in [0.1, 0.15) is 0 Å². The normalized spacial score (nSPS) is 15.6. The fourth-order valence-corrected chi connectivity index (χ4v) is 1.89. The molecule has 0 atom stereocenters. The van der Waals surface area contributed by atoms with Crippen molar-refractivity contribution in [2.24, 2.45) is 0 Å². The molecule has 1 heterocycles. The van der Waals surface area contributed by atoms with Crippen LogP contribution in [0.1, 0.15) is 47.5 Å².